The van der Waals surface area contributed by atoms with Gasteiger partial charge in [-0.3, -0.25) is 4.90 Å². The van der Waals surface area contributed by atoms with Crippen LogP contribution in [0.3, 0.4) is 0 Å². The third-order valence-corrected chi connectivity index (χ3v) is 2.91. The molecule has 2 heteroatoms. The van der Waals surface area contributed by atoms with E-state index in [1.165, 1.54) is 12.8 Å². The van der Waals surface area contributed by atoms with Crippen molar-refractivity contribution in [2.45, 2.75) is 46.1 Å². The standard InChI is InChI=1S/C11H20N2/c1-4-10(8-12)13-7-5-6-11(2,3)9-13/h10H,4-7,9H2,1-3H3. The third kappa shape index (κ3) is 2.70. The molecule has 1 heterocycles. The average Bonchev–Trinajstić information content (AvgIpc) is 2.05. The minimum absolute atomic E-state index is 0.138. The van der Waals surface area contributed by atoms with Gasteiger partial charge in [-0.2, -0.15) is 5.26 Å². The first-order chi connectivity index (χ1) is 6.09. The molecule has 0 aliphatic carbocycles. The molecule has 1 rings (SSSR count). The predicted molar refractivity (Wildman–Crippen MR) is 54.3 cm³/mol. The Kier molecular flexibility index (Phi) is 3.33. The van der Waals surface area contributed by atoms with Crippen LogP contribution < -0.4 is 0 Å². The van der Waals surface area contributed by atoms with Gasteiger partial charge in [-0.1, -0.05) is 20.8 Å². The Morgan fingerprint density at radius 1 is 1.54 bits per heavy atom. The molecular weight excluding hydrogens is 160 g/mol. The maximum atomic E-state index is 8.96. The van der Waals surface area contributed by atoms with Crippen molar-refractivity contribution in [2.75, 3.05) is 13.1 Å². The van der Waals surface area contributed by atoms with Gasteiger partial charge in [-0.05, 0) is 31.2 Å². The topological polar surface area (TPSA) is 27.0 Å². The van der Waals surface area contributed by atoms with Crippen LogP contribution in [0.2, 0.25) is 0 Å². The highest BCUT2D eigenvalue weighted by atomic mass is 15.2. The first-order valence-electron chi connectivity index (χ1n) is 5.23. The lowest BCUT2D eigenvalue weighted by Crippen LogP contribution is -2.45. The van der Waals surface area contributed by atoms with Crippen molar-refractivity contribution in [3.8, 4) is 6.07 Å². The summed E-state index contributed by atoms with van der Waals surface area (Å²) >= 11 is 0. The van der Waals surface area contributed by atoms with Gasteiger partial charge in [0.25, 0.3) is 0 Å². The van der Waals surface area contributed by atoms with Crippen LogP contribution in [-0.4, -0.2) is 24.0 Å². The Balaban J connectivity index is 2.56. The molecule has 0 aromatic carbocycles. The molecule has 1 aliphatic heterocycles. The van der Waals surface area contributed by atoms with E-state index < -0.39 is 0 Å². The second kappa shape index (κ2) is 4.11. The molecule has 1 saturated heterocycles. The largest absolute Gasteiger partial charge is 0.288 e. The fourth-order valence-corrected chi connectivity index (χ4v) is 2.17. The Morgan fingerprint density at radius 2 is 2.23 bits per heavy atom. The van der Waals surface area contributed by atoms with Gasteiger partial charge in [0, 0.05) is 6.54 Å². The normalized spacial score (nSPS) is 25.1. The smallest absolute Gasteiger partial charge is 0.0975 e. The van der Waals surface area contributed by atoms with E-state index in [2.05, 4.69) is 31.7 Å². The molecular formula is C11H20N2. The van der Waals surface area contributed by atoms with Gasteiger partial charge in [-0.25, -0.2) is 0 Å². The molecule has 0 N–H and O–H groups in total. The highest BCUT2D eigenvalue weighted by Crippen LogP contribution is 2.29. The number of hydrogen-bond acceptors (Lipinski definition) is 2. The van der Waals surface area contributed by atoms with E-state index in [0.29, 0.717) is 5.41 Å². The van der Waals surface area contributed by atoms with E-state index in [4.69, 9.17) is 5.26 Å². The van der Waals surface area contributed by atoms with E-state index in [9.17, 15) is 0 Å². The molecule has 1 aliphatic rings. The fourth-order valence-electron chi connectivity index (χ4n) is 2.17. The van der Waals surface area contributed by atoms with Crippen LogP contribution in [0.15, 0.2) is 0 Å². The van der Waals surface area contributed by atoms with Crippen LogP contribution in [0.1, 0.15) is 40.0 Å². The van der Waals surface area contributed by atoms with Crippen LogP contribution in [-0.2, 0) is 0 Å². The zero-order valence-corrected chi connectivity index (χ0v) is 9.01. The Hall–Kier alpha value is -0.550. The second-order valence-electron chi connectivity index (χ2n) is 4.79. The lowest BCUT2D eigenvalue weighted by molar-refractivity contribution is 0.0958. The Morgan fingerprint density at radius 3 is 2.69 bits per heavy atom. The summed E-state index contributed by atoms with van der Waals surface area (Å²) in [7, 11) is 0. The summed E-state index contributed by atoms with van der Waals surface area (Å²) in [6.45, 7) is 8.87. The maximum absolute atomic E-state index is 8.96. The molecule has 1 unspecified atom stereocenters. The Labute approximate surface area is 81.5 Å². The predicted octanol–water partition coefficient (Wildman–Crippen LogP) is 2.41. The maximum Gasteiger partial charge on any atom is 0.0975 e. The number of likely N-dealkylation sites (tertiary alicyclic amines) is 1. The number of nitriles is 1. The van der Waals surface area contributed by atoms with Crippen LogP contribution in [0.5, 0.6) is 0 Å². The second-order valence-corrected chi connectivity index (χ2v) is 4.79. The van der Waals surface area contributed by atoms with Crippen molar-refractivity contribution >= 4 is 0 Å². The molecule has 0 aromatic heterocycles. The average molecular weight is 180 g/mol. The van der Waals surface area contributed by atoms with Gasteiger partial charge < -0.3 is 0 Å². The minimum atomic E-state index is 0.138. The molecule has 0 saturated carbocycles. The first kappa shape index (κ1) is 10.5. The van der Waals surface area contributed by atoms with Gasteiger partial charge >= 0.3 is 0 Å². The summed E-state index contributed by atoms with van der Waals surface area (Å²) in [6, 6.07) is 2.52. The molecule has 0 radical (unpaired) electrons. The van der Waals surface area contributed by atoms with Crippen molar-refractivity contribution in [1.29, 1.82) is 5.26 Å². The molecule has 0 aromatic rings. The Bertz CT molecular complexity index is 203. The molecule has 0 bridgehead atoms. The molecule has 74 valence electrons. The fraction of sp³-hybridized carbons (Fsp3) is 0.909. The summed E-state index contributed by atoms with van der Waals surface area (Å²) in [5, 5.41) is 8.96. The molecule has 1 atom stereocenters. The summed E-state index contributed by atoms with van der Waals surface area (Å²) in [5.41, 5.74) is 0.405. The highest BCUT2D eigenvalue weighted by Gasteiger charge is 2.29. The molecule has 13 heavy (non-hydrogen) atoms. The van der Waals surface area contributed by atoms with E-state index >= 15 is 0 Å². The number of nitrogens with zero attached hydrogens (tertiary/aromatic N) is 2. The van der Waals surface area contributed by atoms with Gasteiger partial charge in [0.2, 0.25) is 0 Å². The third-order valence-electron chi connectivity index (χ3n) is 2.91. The van der Waals surface area contributed by atoms with Crippen molar-refractivity contribution in [2.24, 2.45) is 5.41 Å². The summed E-state index contributed by atoms with van der Waals surface area (Å²) in [4.78, 5) is 2.34. The van der Waals surface area contributed by atoms with Crippen LogP contribution in [0, 0.1) is 16.7 Å². The zero-order valence-electron chi connectivity index (χ0n) is 9.01. The SMILES string of the molecule is CCC(C#N)N1CCCC(C)(C)C1. The summed E-state index contributed by atoms with van der Waals surface area (Å²) < 4.78 is 0. The van der Waals surface area contributed by atoms with Crippen molar-refractivity contribution in [1.82, 2.24) is 4.90 Å². The van der Waals surface area contributed by atoms with Gasteiger partial charge in [0.15, 0.2) is 0 Å². The van der Waals surface area contributed by atoms with Crippen LogP contribution in [0.4, 0.5) is 0 Å². The zero-order chi connectivity index (χ0) is 9.90. The van der Waals surface area contributed by atoms with Gasteiger partial charge in [0.1, 0.15) is 0 Å². The van der Waals surface area contributed by atoms with E-state index in [1.807, 2.05) is 0 Å². The summed E-state index contributed by atoms with van der Waals surface area (Å²) in [6.07, 6.45) is 3.49. The molecule has 0 amide bonds. The molecule has 1 fully saturated rings. The summed E-state index contributed by atoms with van der Waals surface area (Å²) in [5.74, 6) is 0. The van der Waals surface area contributed by atoms with Crippen LogP contribution >= 0.6 is 0 Å². The number of rotatable bonds is 2. The van der Waals surface area contributed by atoms with E-state index in [0.717, 1.165) is 19.5 Å². The number of piperidine rings is 1. The van der Waals surface area contributed by atoms with Gasteiger partial charge in [-0.15, -0.1) is 0 Å². The quantitative estimate of drug-likeness (QED) is 0.652. The minimum Gasteiger partial charge on any atom is -0.288 e. The van der Waals surface area contributed by atoms with Crippen molar-refractivity contribution < 1.29 is 0 Å². The lowest BCUT2D eigenvalue weighted by Gasteiger charge is -2.39. The van der Waals surface area contributed by atoms with Crippen LogP contribution in [0.25, 0.3) is 0 Å². The molecule has 2 nitrogen and oxygen atoms in total. The van der Waals surface area contributed by atoms with Crippen molar-refractivity contribution in [3.63, 3.8) is 0 Å². The van der Waals surface area contributed by atoms with Gasteiger partial charge in [0.05, 0.1) is 12.1 Å². The van der Waals surface area contributed by atoms with Crippen molar-refractivity contribution in [3.05, 3.63) is 0 Å². The molecule has 0 spiro atoms. The number of hydrogen-bond donors (Lipinski definition) is 0. The lowest BCUT2D eigenvalue weighted by atomic mass is 9.83. The highest BCUT2D eigenvalue weighted by molar-refractivity contribution is 4.94. The van der Waals surface area contributed by atoms with E-state index in [-0.39, 0.29) is 6.04 Å². The van der Waals surface area contributed by atoms with E-state index in [1.54, 1.807) is 0 Å². The monoisotopic (exact) mass is 180 g/mol. The first-order valence-corrected chi connectivity index (χ1v) is 5.23.